The molecule has 4 heteroatoms. The van der Waals surface area contributed by atoms with E-state index in [1.807, 2.05) is 31.2 Å². The van der Waals surface area contributed by atoms with Gasteiger partial charge in [-0.05, 0) is 31.7 Å². The molecule has 1 aromatic carbocycles. The van der Waals surface area contributed by atoms with Crippen molar-refractivity contribution in [1.29, 1.82) is 0 Å². The topological polar surface area (TPSA) is 60.8 Å². The van der Waals surface area contributed by atoms with Gasteiger partial charge < -0.3 is 15.1 Å². The van der Waals surface area contributed by atoms with Gasteiger partial charge in [0.05, 0.1) is 13.2 Å². The van der Waals surface area contributed by atoms with Crippen LogP contribution in [0, 0.1) is 6.92 Å². The van der Waals surface area contributed by atoms with Gasteiger partial charge in [-0.15, -0.1) is 0 Å². The Hall–Kier alpha value is -1.39. The number of likely N-dealkylation sites (tertiary alicyclic amines) is 1. The van der Waals surface area contributed by atoms with Crippen LogP contribution in [0.4, 0.5) is 0 Å². The van der Waals surface area contributed by atoms with Crippen molar-refractivity contribution in [3.63, 3.8) is 0 Å². The van der Waals surface area contributed by atoms with Crippen molar-refractivity contribution in [2.24, 2.45) is 0 Å². The van der Waals surface area contributed by atoms with Crippen molar-refractivity contribution in [2.75, 3.05) is 19.7 Å². The maximum Gasteiger partial charge on any atom is 0.223 e. The summed E-state index contributed by atoms with van der Waals surface area (Å²) in [4.78, 5) is 13.8. The number of hydrogen-bond acceptors (Lipinski definition) is 3. The quantitative estimate of drug-likeness (QED) is 0.871. The third-order valence-corrected chi connectivity index (χ3v) is 3.95. The number of benzene rings is 1. The molecular formula is C16H23NO3. The molecule has 1 aromatic rings. The van der Waals surface area contributed by atoms with Gasteiger partial charge in [0.2, 0.25) is 5.91 Å². The molecule has 1 fully saturated rings. The summed E-state index contributed by atoms with van der Waals surface area (Å²) in [6.07, 6.45) is 2.47. The predicted octanol–water partition coefficient (Wildman–Crippen LogP) is 1.27. The van der Waals surface area contributed by atoms with Gasteiger partial charge in [0.15, 0.2) is 0 Å². The summed E-state index contributed by atoms with van der Waals surface area (Å²) < 4.78 is 0. The molecule has 20 heavy (non-hydrogen) atoms. The van der Waals surface area contributed by atoms with E-state index in [9.17, 15) is 15.0 Å². The number of hydrogen-bond donors (Lipinski definition) is 2. The standard InChI is InChI=1S/C16H23NO3/c1-13-3-5-14(6-4-13)7-8-15(19)17-10-2-9-16(20,11-17)12-18/h3-6,18,20H,2,7-12H2,1H3/t16-/m1/s1. The van der Waals surface area contributed by atoms with Gasteiger partial charge in [-0.1, -0.05) is 29.8 Å². The highest BCUT2D eigenvalue weighted by Crippen LogP contribution is 2.21. The molecule has 0 radical (unpaired) electrons. The molecule has 0 bridgehead atoms. The summed E-state index contributed by atoms with van der Waals surface area (Å²) in [5.41, 5.74) is 1.25. The van der Waals surface area contributed by atoms with E-state index in [2.05, 4.69) is 0 Å². The summed E-state index contributed by atoms with van der Waals surface area (Å²) in [7, 11) is 0. The molecule has 2 rings (SSSR count). The van der Waals surface area contributed by atoms with Crippen LogP contribution in [0.1, 0.15) is 30.4 Å². The smallest absolute Gasteiger partial charge is 0.223 e. The SMILES string of the molecule is Cc1ccc(CCC(=O)N2CCC[C@](O)(CO)C2)cc1. The van der Waals surface area contributed by atoms with Crippen LogP contribution in [0.2, 0.25) is 0 Å². The Kier molecular flexibility index (Phi) is 4.78. The van der Waals surface area contributed by atoms with Crippen molar-refractivity contribution in [1.82, 2.24) is 4.90 Å². The van der Waals surface area contributed by atoms with Gasteiger partial charge in [0.1, 0.15) is 5.60 Å². The van der Waals surface area contributed by atoms with Crippen LogP contribution in [0.25, 0.3) is 0 Å². The van der Waals surface area contributed by atoms with Crippen molar-refractivity contribution < 1.29 is 15.0 Å². The van der Waals surface area contributed by atoms with E-state index in [-0.39, 0.29) is 19.1 Å². The van der Waals surface area contributed by atoms with Crippen molar-refractivity contribution in [2.45, 2.75) is 38.2 Å². The molecule has 1 heterocycles. The van der Waals surface area contributed by atoms with Crippen LogP contribution >= 0.6 is 0 Å². The number of rotatable bonds is 4. The average Bonchev–Trinajstić information content (AvgIpc) is 2.46. The van der Waals surface area contributed by atoms with Gasteiger partial charge in [-0.2, -0.15) is 0 Å². The third kappa shape index (κ3) is 3.81. The predicted molar refractivity (Wildman–Crippen MR) is 77.3 cm³/mol. The molecule has 2 N–H and O–H groups in total. The highest BCUT2D eigenvalue weighted by atomic mass is 16.3. The molecule has 1 atom stereocenters. The minimum absolute atomic E-state index is 0.0529. The zero-order chi connectivity index (χ0) is 14.6. The summed E-state index contributed by atoms with van der Waals surface area (Å²) in [5.74, 6) is 0.0529. The second-order valence-electron chi connectivity index (χ2n) is 5.79. The van der Waals surface area contributed by atoms with E-state index in [1.54, 1.807) is 4.90 Å². The van der Waals surface area contributed by atoms with E-state index in [4.69, 9.17) is 0 Å². The van der Waals surface area contributed by atoms with E-state index in [0.29, 0.717) is 25.8 Å². The molecule has 1 saturated heterocycles. The van der Waals surface area contributed by atoms with Crippen LogP contribution in [-0.2, 0) is 11.2 Å². The lowest BCUT2D eigenvalue weighted by molar-refractivity contribution is -0.140. The fraction of sp³-hybridized carbons (Fsp3) is 0.562. The number of carbonyl (C=O) groups is 1. The Balaban J connectivity index is 1.87. The minimum atomic E-state index is -1.11. The summed E-state index contributed by atoms with van der Waals surface area (Å²) >= 11 is 0. The molecule has 110 valence electrons. The van der Waals surface area contributed by atoms with Gasteiger partial charge in [-0.25, -0.2) is 0 Å². The minimum Gasteiger partial charge on any atom is -0.393 e. The summed E-state index contributed by atoms with van der Waals surface area (Å²) in [6.45, 7) is 2.68. The van der Waals surface area contributed by atoms with Crippen LogP contribution < -0.4 is 0 Å². The Bertz CT molecular complexity index is 457. The van der Waals surface area contributed by atoms with Crippen LogP contribution in [-0.4, -0.2) is 46.3 Å². The number of aliphatic hydroxyl groups excluding tert-OH is 1. The zero-order valence-corrected chi connectivity index (χ0v) is 12.0. The lowest BCUT2D eigenvalue weighted by Gasteiger charge is -2.38. The Morgan fingerprint density at radius 3 is 2.70 bits per heavy atom. The summed E-state index contributed by atoms with van der Waals surface area (Å²) in [5, 5.41) is 19.3. The van der Waals surface area contributed by atoms with Crippen molar-refractivity contribution in [3.05, 3.63) is 35.4 Å². The second kappa shape index (κ2) is 6.37. The lowest BCUT2D eigenvalue weighted by Crippen LogP contribution is -2.52. The maximum atomic E-state index is 12.2. The number of piperidine rings is 1. The van der Waals surface area contributed by atoms with Crippen molar-refractivity contribution in [3.8, 4) is 0 Å². The first-order valence-corrected chi connectivity index (χ1v) is 7.19. The first-order valence-electron chi connectivity index (χ1n) is 7.19. The van der Waals surface area contributed by atoms with Crippen LogP contribution in [0.5, 0.6) is 0 Å². The first-order chi connectivity index (χ1) is 9.52. The zero-order valence-electron chi connectivity index (χ0n) is 12.0. The van der Waals surface area contributed by atoms with Gasteiger partial charge in [0, 0.05) is 13.0 Å². The van der Waals surface area contributed by atoms with E-state index < -0.39 is 5.60 Å². The molecule has 4 nitrogen and oxygen atoms in total. The number of carbonyl (C=O) groups excluding carboxylic acids is 1. The number of nitrogens with zero attached hydrogens (tertiary/aromatic N) is 1. The number of β-amino-alcohol motifs (C(OH)–C–C–N with tert-alkyl or cyclic N) is 1. The first kappa shape index (κ1) is 15.0. The van der Waals surface area contributed by atoms with Gasteiger partial charge >= 0.3 is 0 Å². The van der Waals surface area contributed by atoms with Crippen LogP contribution in [0.15, 0.2) is 24.3 Å². The number of aliphatic hydroxyl groups is 2. The Morgan fingerprint density at radius 1 is 1.35 bits per heavy atom. The monoisotopic (exact) mass is 277 g/mol. The highest BCUT2D eigenvalue weighted by molar-refractivity contribution is 5.76. The Morgan fingerprint density at radius 2 is 2.05 bits per heavy atom. The second-order valence-corrected chi connectivity index (χ2v) is 5.79. The lowest BCUT2D eigenvalue weighted by atomic mass is 9.93. The third-order valence-electron chi connectivity index (χ3n) is 3.95. The maximum absolute atomic E-state index is 12.2. The Labute approximate surface area is 120 Å². The highest BCUT2D eigenvalue weighted by Gasteiger charge is 2.34. The molecule has 1 amide bonds. The van der Waals surface area contributed by atoms with Gasteiger partial charge in [-0.3, -0.25) is 4.79 Å². The largest absolute Gasteiger partial charge is 0.393 e. The molecule has 0 unspecified atom stereocenters. The van der Waals surface area contributed by atoms with E-state index >= 15 is 0 Å². The average molecular weight is 277 g/mol. The van der Waals surface area contributed by atoms with E-state index in [0.717, 1.165) is 12.0 Å². The molecule has 0 saturated carbocycles. The van der Waals surface area contributed by atoms with Gasteiger partial charge in [0.25, 0.3) is 0 Å². The number of aryl methyl sites for hydroxylation is 2. The summed E-state index contributed by atoms with van der Waals surface area (Å²) in [6, 6.07) is 8.18. The molecule has 0 spiro atoms. The molecule has 0 aliphatic carbocycles. The molecule has 1 aliphatic heterocycles. The fourth-order valence-corrected chi connectivity index (χ4v) is 2.62. The van der Waals surface area contributed by atoms with E-state index in [1.165, 1.54) is 5.56 Å². The fourth-order valence-electron chi connectivity index (χ4n) is 2.62. The van der Waals surface area contributed by atoms with Crippen molar-refractivity contribution >= 4 is 5.91 Å². The van der Waals surface area contributed by atoms with Crippen LogP contribution in [0.3, 0.4) is 0 Å². The molecule has 0 aromatic heterocycles. The molecular weight excluding hydrogens is 254 g/mol. The molecule has 1 aliphatic rings. The normalized spacial score (nSPS) is 22.9. The number of amides is 1.